The molecule has 0 spiro atoms. The summed E-state index contributed by atoms with van der Waals surface area (Å²) in [5.41, 5.74) is 5.69. The Morgan fingerprint density at radius 2 is 1.91 bits per heavy atom. The highest BCUT2D eigenvalue weighted by Crippen LogP contribution is 2.44. The van der Waals surface area contributed by atoms with Gasteiger partial charge in [0, 0.05) is 62.7 Å². The van der Waals surface area contributed by atoms with Crippen LogP contribution in [0.25, 0.3) is 11.3 Å². The number of pyridine rings is 1. The first-order valence-electron chi connectivity index (χ1n) is 15.2. The molecule has 232 valence electrons. The number of nitrogens with one attached hydrogen (secondary N) is 2. The van der Waals surface area contributed by atoms with Crippen LogP contribution in [-0.2, 0) is 9.84 Å². The van der Waals surface area contributed by atoms with E-state index in [0.29, 0.717) is 54.7 Å². The molecule has 10 nitrogen and oxygen atoms in total. The summed E-state index contributed by atoms with van der Waals surface area (Å²) < 4.78 is 6.67. The normalized spacial score (nSPS) is 18.8. The summed E-state index contributed by atoms with van der Waals surface area (Å²) in [5, 5.41) is 16.9. The van der Waals surface area contributed by atoms with Gasteiger partial charge in [-0.15, -0.1) is 0 Å². The van der Waals surface area contributed by atoms with Gasteiger partial charge < -0.3 is 24.9 Å². The molecule has 0 saturated carbocycles. The molecule has 1 atom stereocenters. The minimum absolute atomic E-state index is 0.0281. The second kappa shape index (κ2) is 11.9. The van der Waals surface area contributed by atoms with Crippen LogP contribution in [0.3, 0.4) is 0 Å². The minimum atomic E-state index is -1.97. The van der Waals surface area contributed by atoms with Gasteiger partial charge in [-0.3, -0.25) is 9.78 Å². The second-order valence-corrected chi connectivity index (χ2v) is 18.7. The number of aromatic nitrogens is 3. The smallest absolute Gasteiger partial charge is 0.255 e. The number of hydrogen-bond acceptors (Lipinski definition) is 9. The van der Waals surface area contributed by atoms with Crippen molar-refractivity contribution in [2.75, 3.05) is 57.0 Å². The molecule has 1 aromatic carbocycles. The van der Waals surface area contributed by atoms with Crippen molar-refractivity contribution in [3.8, 4) is 17.3 Å². The van der Waals surface area contributed by atoms with Gasteiger partial charge in [-0.25, -0.2) is 9.97 Å². The number of aryl methyl sites for hydroxylation is 1. The zero-order chi connectivity index (χ0) is 31.9. The number of benzene rings is 1. The number of carbonyl (C=O) groups excluding carboxylic acids is 1. The predicted molar refractivity (Wildman–Crippen MR) is 177 cm³/mol. The molecular formula is C33H44N8O2Si. The van der Waals surface area contributed by atoms with E-state index in [1.54, 1.807) is 12.4 Å². The molecule has 0 radical (unpaired) electrons. The number of anilines is 3. The summed E-state index contributed by atoms with van der Waals surface area (Å²) in [7, 11) is 0.0989. The van der Waals surface area contributed by atoms with Crippen LogP contribution in [0, 0.1) is 18.3 Å². The van der Waals surface area contributed by atoms with Gasteiger partial charge in [0.1, 0.15) is 6.07 Å². The Bertz CT molecular complexity index is 1600. The van der Waals surface area contributed by atoms with Crippen LogP contribution in [0.4, 0.5) is 17.3 Å². The summed E-state index contributed by atoms with van der Waals surface area (Å²) in [4.78, 5) is 31.0. The first-order chi connectivity index (χ1) is 20.7. The van der Waals surface area contributed by atoms with E-state index in [1.807, 2.05) is 30.0 Å². The number of rotatable bonds is 7. The van der Waals surface area contributed by atoms with Crippen molar-refractivity contribution < 1.29 is 9.22 Å². The van der Waals surface area contributed by atoms with Crippen molar-refractivity contribution in [2.24, 2.45) is 0 Å². The van der Waals surface area contributed by atoms with E-state index in [4.69, 9.17) is 9.41 Å². The monoisotopic (exact) mass is 612 g/mol. The van der Waals surface area contributed by atoms with Crippen LogP contribution in [0.5, 0.6) is 0 Å². The molecule has 1 amide bonds. The third-order valence-electron chi connectivity index (χ3n) is 9.44. The van der Waals surface area contributed by atoms with Crippen LogP contribution in [0.15, 0.2) is 36.7 Å². The molecule has 0 unspecified atom stereocenters. The fourth-order valence-corrected chi connectivity index (χ4v) is 6.39. The quantitative estimate of drug-likeness (QED) is 0.331. The number of piperazine rings is 1. The van der Waals surface area contributed by atoms with Gasteiger partial charge in [0.05, 0.1) is 33.9 Å². The zero-order valence-corrected chi connectivity index (χ0v) is 28.2. The molecule has 3 aromatic rings. The Kier molecular flexibility index (Phi) is 8.55. The lowest BCUT2D eigenvalue weighted by Crippen LogP contribution is -2.47. The number of nitrogens with zero attached hydrogens (tertiary/aromatic N) is 6. The summed E-state index contributed by atoms with van der Waals surface area (Å²) in [6.07, 6.45) is 3.33. The maximum atomic E-state index is 13.2. The summed E-state index contributed by atoms with van der Waals surface area (Å²) >= 11 is 0. The highest BCUT2D eigenvalue weighted by molar-refractivity contribution is 6.74. The van der Waals surface area contributed by atoms with E-state index >= 15 is 0 Å². The van der Waals surface area contributed by atoms with E-state index in [-0.39, 0.29) is 16.4 Å². The van der Waals surface area contributed by atoms with Gasteiger partial charge in [0.2, 0.25) is 5.95 Å². The maximum absolute atomic E-state index is 13.2. The van der Waals surface area contributed by atoms with Crippen molar-refractivity contribution in [2.45, 2.75) is 58.2 Å². The van der Waals surface area contributed by atoms with Gasteiger partial charge in [-0.1, -0.05) is 27.7 Å². The number of amides is 1. The Balaban J connectivity index is 1.41. The van der Waals surface area contributed by atoms with Gasteiger partial charge in [0.15, 0.2) is 8.32 Å². The van der Waals surface area contributed by atoms with Crippen LogP contribution >= 0.6 is 0 Å². The molecule has 0 bridgehead atoms. The second-order valence-electron chi connectivity index (χ2n) is 13.9. The minimum Gasteiger partial charge on any atom is -0.416 e. The first-order valence-corrected chi connectivity index (χ1v) is 18.1. The topological polar surface area (TPSA) is 119 Å². The standard InChI is InChI=1S/C33H44N8O2Si/c1-22-28(17-25(19-36-22)30(42)41-13-11-40(6)12-14-41)39-31-35-10-9-27(38-31)23-15-24(18-34)29-26(16-23)33(5,20-37-29)21-43-44(7,8)32(2,3)4/h9-10,15-17,19,37H,11-14,20-21H2,1-8H3,(H,35,38,39)/t33-/m1/s1. The van der Waals surface area contributed by atoms with E-state index in [0.717, 1.165) is 35.6 Å². The van der Waals surface area contributed by atoms with Crippen molar-refractivity contribution in [3.63, 3.8) is 0 Å². The van der Waals surface area contributed by atoms with Crippen molar-refractivity contribution in [3.05, 3.63) is 59.0 Å². The zero-order valence-electron chi connectivity index (χ0n) is 27.2. The van der Waals surface area contributed by atoms with Crippen LogP contribution in [-0.4, -0.2) is 85.4 Å². The molecule has 1 saturated heterocycles. The van der Waals surface area contributed by atoms with Crippen LogP contribution in [0.2, 0.25) is 18.1 Å². The predicted octanol–water partition coefficient (Wildman–Crippen LogP) is 5.55. The molecule has 1 fully saturated rings. The highest BCUT2D eigenvalue weighted by Gasteiger charge is 2.42. The lowest BCUT2D eigenvalue weighted by atomic mass is 9.83. The number of likely N-dealkylation sites (N-methyl/N-ethyl adjacent to an activating group) is 1. The van der Waals surface area contributed by atoms with Crippen molar-refractivity contribution in [1.82, 2.24) is 24.8 Å². The molecule has 2 N–H and O–H groups in total. The Morgan fingerprint density at radius 3 is 2.59 bits per heavy atom. The SMILES string of the molecule is Cc1ncc(C(=O)N2CCN(C)CC2)cc1Nc1nccc(-c2cc(C#N)c3c(c2)[C@@](C)(CO[Si](C)(C)C(C)(C)C)CN3)n1. The Hall–Kier alpha value is -3.85. The molecular weight excluding hydrogens is 569 g/mol. The van der Waals surface area contributed by atoms with Crippen LogP contribution < -0.4 is 10.6 Å². The number of carbonyl (C=O) groups is 1. The Morgan fingerprint density at radius 1 is 1.18 bits per heavy atom. The molecule has 2 aliphatic rings. The molecule has 11 heteroatoms. The average molecular weight is 613 g/mol. The van der Waals surface area contributed by atoms with Crippen molar-refractivity contribution >= 4 is 31.5 Å². The lowest BCUT2D eigenvalue weighted by Gasteiger charge is -2.39. The fourth-order valence-electron chi connectivity index (χ4n) is 5.28. The molecule has 4 heterocycles. The summed E-state index contributed by atoms with van der Waals surface area (Å²) in [6, 6.07) is 10.0. The van der Waals surface area contributed by atoms with E-state index in [2.05, 4.69) is 85.5 Å². The fraction of sp³-hybridized carbons (Fsp3) is 0.485. The molecule has 0 aliphatic carbocycles. The molecule has 5 rings (SSSR count). The van der Waals surface area contributed by atoms with Gasteiger partial charge >= 0.3 is 0 Å². The summed E-state index contributed by atoms with van der Waals surface area (Å²) in [5.74, 6) is 0.359. The number of hydrogen-bond donors (Lipinski definition) is 2. The largest absolute Gasteiger partial charge is 0.416 e. The molecule has 2 aromatic heterocycles. The lowest BCUT2D eigenvalue weighted by molar-refractivity contribution is 0.0663. The van der Waals surface area contributed by atoms with Crippen LogP contribution in [0.1, 0.15) is 54.9 Å². The number of nitriles is 1. The van der Waals surface area contributed by atoms with E-state index in [9.17, 15) is 10.1 Å². The number of fused-ring (bicyclic) bond motifs is 1. The van der Waals surface area contributed by atoms with E-state index < -0.39 is 8.32 Å². The summed E-state index contributed by atoms with van der Waals surface area (Å²) in [6.45, 7) is 19.7. The average Bonchev–Trinajstić information content (AvgIpc) is 3.33. The van der Waals surface area contributed by atoms with Crippen molar-refractivity contribution in [1.29, 1.82) is 5.26 Å². The van der Waals surface area contributed by atoms with Gasteiger partial charge in [-0.05, 0) is 61.9 Å². The molecule has 2 aliphatic heterocycles. The third-order valence-corrected chi connectivity index (χ3v) is 13.9. The first kappa shape index (κ1) is 31.6. The molecule has 44 heavy (non-hydrogen) atoms. The van der Waals surface area contributed by atoms with Gasteiger partial charge in [0.25, 0.3) is 5.91 Å². The third kappa shape index (κ3) is 6.34. The van der Waals surface area contributed by atoms with Gasteiger partial charge in [-0.2, -0.15) is 5.26 Å². The Labute approximate surface area is 262 Å². The maximum Gasteiger partial charge on any atom is 0.255 e. The highest BCUT2D eigenvalue weighted by atomic mass is 28.4. The van der Waals surface area contributed by atoms with E-state index in [1.165, 1.54) is 0 Å².